The fourth-order valence-electron chi connectivity index (χ4n) is 2.68. The number of halogens is 1. The number of rotatable bonds is 5. The van der Waals surface area contributed by atoms with E-state index in [1.54, 1.807) is 13.2 Å². The second-order valence-corrected chi connectivity index (χ2v) is 5.86. The molecule has 3 nitrogen and oxygen atoms in total. The van der Waals surface area contributed by atoms with Crippen LogP contribution in [0.2, 0.25) is 0 Å². The summed E-state index contributed by atoms with van der Waals surface area (Å²) in [6.07, 6.45) is 1.50. The normalized spacial score (nSPS) is 20.8. The second-order valence-electron chi connectivity index (χ2n) is 5.86. The maximum Gasteiger partial charge on any atom is 0.183 e. The van der Waals surface area contributed by atoms with Crippen molar-refractivity contribution in [2.24, 2.45) is 5.92 Å². The molecule has 126 valence electrons. The van der Waals surface area contributed by atoms with Gasteiger partial charge in [0.05, 0.1) is 19.8 Å². The first kappa shape index (κ1) is 16.8. The number of hydrogen-bond donors (Lipinski definition) is 0. The molecule has 0 aliphatic carbocycles. The summed E-state index contributed by atoms with van der Waals surface area (Å²) in [6, 6.07) is 13.0. The highest BCUT2D eigenvalue weighted by Crippen LogP contribution is 2.28. The van der Waals surface area contributed by atoms with Crippen LogP contribution in [0.25, 0.3) is 11.1 Å². The van der Waals surface area contributed by atoms with E-state index in [-0.39, 0.29) is 24.6 Å². The minimum atomic E-state index is -0.351. The second kappa shape index (κ2) is 7.71. The lowest BCUT2D eigenvalue weighted by Gasteiger charge is -2.28. The molecule has 24 heavy (non-hydrogen) atoms. The minimum absolute atomic E-state index is 0.245. The van der Waals surface area contributed by atoms with E-state index < -0.39 is 0 Å². The predicted octanol–water partition coefficient (Wildman–Crippen LogP) is 4.49. The lowest BCUT2D eigenvalue weighted by atomic mass is 10.0. The molecule has 0 radical (unpaired) electrons. The summed E-state index contributed by atoms with van der Waals surface area (Å²) in [4.78, 5) is 0. The molecule has 1 heterocycles. The van der Waals surface area contributed by atoms with Gasteiger partial charge in [0.15, 0.2) is 6.29 Å². The Morgan fingerprint density at radius 1 is 1.12 bits per heavy atom. The van der Waals surface area contributed by atoms with Gasteiger partial charge >= 0.3 is 0 Å². The molecule has 0 aromatic heterocycles. The fraction of sp³-hybridized carbons (Fsp3) is 0.300. The highest BCUT2D eigenvalue weighted by atomic mass is 19.1. The van der Waals surface area contributed by atoms with E-state index in [1.165, 1.54) is 6.07 Å². The van der Waals surface area contributed by atoms with Crippen molar-refractivity contribution in [3.05, 3.63) is 72.1 Å². The highest BCUT2D eigenvalue weighted by molar-refractivity contribution is 5.64. The van der Waals surface area contributed by atoms with Crippen LogP contribution >= 0.6 is 0 Å². The first-order chi connectivity index (χ1) is 11.7. The summed E-state index contributed by atoms with van der Waals surface area (Å²) >= 11 is 0. The molecule has 1 saturated heterocycles. The van der Waals surface area contributed by atoms with Gasteiger partial charge in [0.1, 0.15) is 5.82 Å². The first-order valence-corrected chi connectivity index (χ1v) is 7.94. The SMILES string of the molecule is C=C[C@H]1CO[C@H](c2ccc(-c3ccc(COC)c(F)c3)cc2)OC1. The Hall–Kier alpha value is -2.01. The summed E-state index contributed by atoms with van der Waals surface area (Å²) in [6.45, 7) is 5.25. The van der Waals surface area contributed by atoms with Crippen LogP contribution in [0.1, 0.15) is 17.4 Å². The van der Waals surface area contributed by atoms with Crippen LogP contribution in [0.15, 0.2) is 55.1 Å². The Labute approximate surface area is 141 Å². The molecule has 0 atom stereocenters. The Morgan fingerprint density at radius 3 is 2.38 bits per heavy atom. The topological polar surface area (TPSA) is 27.7 Å². The molecule has 3 rings (SSSR count). The van der Waals surface area contributed by atoms with Crippen molar-refractivity contribution in [1.29, 1.82) is 0 Å². The van der Waals surface area contributed by atoms with Crippen molar-refractivity contribution < 1.29 is 18.6 Å². The van der Waals surface area contributed by atoms with Gasteiger partial charge in [-0.15, -0.1) is 6.58 Å². The predicted molar refractivity (Wildman–Crippen MR) is 90.9 cm³/mol. The monoisotopic (exact) mass is 328 g/mol. The van der Waals surface area contributed by atoms with E-state index in [4.69, 9.17) is 14.2 Å². The Morgan fingerprint density at radius 2 is 1.79 bits per heavy atom. The molecule has 0 bridgehead atoms. The van der Waals surface area contributed by atoms with Crippen LogP contribution in [0.5, 0.6) is 0 Å². The van der Waals surface area contributed by atoms with Gasteiger partial charge in [-0.1, -0.05) is 42.5 Å². The fourth-order valence-corrected chi connectivity index (χ4v) is 2.68. The molecule has 2 aromatic rings. The van der Waals surface area contributed by atoms with Gasteiger partial charge in [0, 0.05) is 24.2 Å². The zero-order valence-electron chi connectivity index (χ0n) is 13.7. The van der Waals surface area contributed by atoms with Gasteiger partial charge in [-0.2, -0.15) is 0 Å². The zero-order chi connectivity index (χ0) is 16.9. The van der Waals surface area contributed by atoms with E-state index in [0.717, 1.165) is 16.7 Å². The average molecular weight is 328 g/mol. The lowest BCUT2D eigenvalue weighted by Crippen LogP contribution is -2.25. The van der Waals surface area contributed by atoms with Crippen molar-refractivity contribution in [2.75, 3.05) is 20.3 Å². The van der Waals surface area contributed by atoms with Crippen LogP contribution in [0, 0.1) is 11.7 Å². The molecule has 0 unspecified atom stereocenters. The first-order valence-electron chi connectivity index (χ1n) is 7.94. The molecular weight excluding hydrogens is 307 g/mol. The minimum Gasteiger partial charge on any atom is -0.380 e. The van der Waals surface area contributed by atoms with Gasteiger partial charge < -0.3 is 14.2 Å². The summed E-state index contributed by atoms with van der Waals surface area (Å²) < 4.78 is 30.4. The maximum atomic E-state index is 14.0. The van der Waals surface area contributed by atoms with E-state index >= 15 is 0 Å². The van der Waals surface area contributed by atoms with Crippen molar-refractivity contribution in [3.8, 4) is 11.1 Å². The van der Waals surface area contributed by atoms with Crippen LogP contribution < -0.4 is 0 Å². The van der Waals surface area contributed by atoms with Crippen molar-refractivity contribution in [2.45, 2.75) is 12.9 Å². The van der Waals surface area contributed by atoms with E-state index in [9.17, 15) is 4.39 Å². The van der Waals surface area contributed by atoms with E-state index in [1.807, 2.05) is 36.4 Å². The van der Waals surface area contributed by atoms with Gasteiger partial charge in [-0.25, -0.2) is 4.39 Å². The molecule has 2 aromatic carbocycles. The van der Waals surface area contributed by atoms with Crippen LogP contribution in [0.3, 0.4) is 0 Å². The third-order valence-corrected chi connectivity index (χ3v) is 4.13. The van der Waals surface area contributed by atoms with Gasteiger partial charge in [0.25, 0.3) is 0 Å². The van der Waals surface area contributed by atoms with Gasteiger partial charge in [-0.05, 0) is 17.2 Å². The lowest BCUT2D eigenvalue weighted by molar-refractivity contribution is -0.197. The molecule has 1 aliphatic rings. The molecule has 0 spiro atoms. The highest BCUT2D eigenvalue weighted by Gasteiger charge is 2.21. The molecular formula is C20H21FO3. The third kappa shape index (κ3) is 3.73. The quantitative estimate of drug-likeness (QED) is 0.757. The summed E-state index contributed by atoms with van der Waals surface area (Å²) in [7, 11) is 1.55. The van der Waals surface area contributed by atoms with Gasteiger partial charge in [-0.3, -0.25) is 0 Å². The summed E-state index contributed by atoms with van der Waals surface area (Å²) in [5.41, 5.74) is 3.29. The standard InChI is InChI=1S/C20H21FO3/c1-3-14-11-23-20(24-12-14)16-6-4-15(5-7-16)17-8-9-18(13-22-2)19(21)10-17/h3-10,14,20H,1,11-13H2,2H3/t14-,20-. The molecule has 1 fully saturated rings. The maximum absolute atomic E-state index is 14.0. The smallest absolute Gasteiger partial charge is 0.183 e. The molecule has 1 aliphatic heterocycles. The van der Waals surface area contributed by atoms with Crippen LogP contribution in [-0.4, -0.2) is 20.3 Å². The van der Waals surface area contributed by atoms with Crippen molar-refractivity contribution in [1.82, 2.24) is 0 Å². The number of hydrogen-bond acceptors (Lipinski definition) is 3. The molecule has 4 heteroatoms. The van der Waals surface area contributed by atoms with E-state index in [2.05, 4.69) is 6.58 Å². The Bertz CT molecular complexity index is 689. The molecule has 0 amide bonds. The molecule has 0 saturated carbocycles. The number of methoxy groups -OCH3 is 1. The van der Waals surface area contributed by atoms with Crippen LogP contribution in [-0.2, 0) is 20.8 Å². The Balaban J connectivity index is 1.73. The Kier molecular flexibility index (Phi) is 5.41. The van der Waals surface area contributed by atoms with Crippen molar-refractivity contribution in [3.63, 3.8) is 0 Å². The summed E-state index contributed by atoms with van der Waals surface area (Å²) in [5.74, 6) is -0.0121. The van der Waals surface area contributed by atoms with Crippen molar-refractivity contribution >= 4 is 0 Å². The van der Waals surface area contributed by atoms with Crippen LogP contribution in [0.4, 0.5) is 4.39 Å². The zero-order valence-corrected chi connectivity index (χ0v) is 13.7. The molecule has 0 N–H and O–H groups in total. The van der Waals surface area contributed by atoms with E-state index in [0.29, 0.717) is 18.8 Å². The third-order valence-electron chi connectivity index (χ3n) is 4.13. The number of benzene rings is 2. The summed E-state index contributed by atoms with van der Waals surface area (Å²) in [5, 5.41) is 0. The largest absolute Gasteiger partial charge is 0.380 e. The number of ether oxygens (including phenoxy) is 3. The average Bonchev–Trinajstić information content (AvgIpc) is 2.64. The van der Waals surface area contributed by atoms with Gasteiger partial charge in [0.2, 0.25) is 0 Å².